The van der Waals surface area contributed by atoms with Gasteiger partial charge >= 0.3 is 5.97 Å². The van der Waals surface area contributed by atoms with Gasteiger partial charge in [0.25, 0.3) is 0 Å². The Morgan fingerprint density at radius 3 is 2.85 bits per heavy atom. The molecule has 0 radical (unpaired) electrons. The fourth-order valence-electron chi connectivity index (χ4n) is 1.84. The van der Waals surface area contributed by atoms with Crippen molar-refractivity contribution in [1.29, 1.82) is 0 Å². The van der Waals surface area contributed by atoms with Crippen LogP contribution in [0.4, 0.5) is 0 Å². The molecule has 0 bridgehead atoms. The number of carboxylic acids is 1. The molecule has 1 atom stereocenters. The molecule has 3 N–H and O–H groups in total. The number of carbonyl (C=O) groups is 2. The molecule has 0 spiro atoms. The molecule has 1 aromatic heterocycles. The van der Waals surface area contributed by atoms with Gasteiger partial charge in [-0.05, 0) is 12.1 Å². The maximum atomic E-state index is 11.2. The number of hydrogen-bond donors (Lipinski definition) is 3. The topological polar surface area (TPSA) is 91.4 Å². The van der Waals surface area contributed by atoms with Gasteiger partial charge in [-0.15, -0.1) is 0 Å². The molecule has 20 heavy (non-hydrogen) atoms. The lowest BCUT2D eigenvalue weighted by molar-refractivity contribution is -0.133. The third-order valence-corrected chi connectivity index (χ3v) is 2.83. The Balaban J connectivity index is 2.38. The number of aliphatic carboxylic acids is 1. The molecule has 0 aliphatic heterocycles. The number of rotatable bonds is 6. The van der Waals surface area contributed by atoms with Crippen molar-refractivity contribution < 1.29 is 19.4 Å². The summed E-state index contributed by atoms with van der Waals surface area (Å²) in [6.07, 6.45) is 2.66. The molecule has 1 heterocycles. The minimum atomic E-state index is -1.17. The lowest BCUT2D eigenvalue weighted by Gasteiger charge is -2.12. The van der Waals surface area contributed by atoms with Crippen LogP contribution >= 0.6 is 0 Å². The van der Waals surface area contributed by atoms with Crippen molar-refractivity contribution in [2.75, 3.05) is 7.11 Å². The monoisotopic (exact) mass is 274 g/mol. The van der Waals surface area contributed by atoms with Crippen LogP contribution in [-0.4, -0.2) is 35.7 Å². The quantitative estimate of drug-likeness (QED) is 0.420. The lowest BCUT2D eigenvalue weighted by Crippen LogP contribution is -2.34. The van der Waals surface area contributed by atoms with Crippen molar-refractivity contribution in [1.82, 2.24) is 10.3 Å². The van der Waals surface area contributed by atoms with Gasteiger partial charge in [-0.25, -0.2) is 4.79 Å². The second-order valence-electron chi connectivity index (χ2n) is 4.09. The van der Waals surface area contributed by atoms with E-state index in [1.165, 1.54) is 13.2 Å². The average Bonchev–Trinajstić information content (AvgIpc) is 2.86. The molecule has 6 heteroatoms. The van der Waals surface area contributed by atoms with Gasteiger partial charge in [0.15, 0.2) is 12.5 Å². The number of aromatic nitrogens is 1. The highest BCUT2D eigenvalue weighted by Crippen LogP contribution is 2.19. The fraction of sp³-hybridized carbons (Fsp3) is 0.143. The number of nitrogens with one attached hydrogen (secondary N) is 2. The van der Waals surface area contributed by atoms with Gasteiger partial charge in [-0.1, -0.05) is 18.2 Å². The van der Waals surface area contributed by atoms with E-state index in [0.717, 1.165) is 10.9 Å². The summed E-state index contributed by atoms with van der Waals surface area (Å²) in [5.41, 5.74) is 1.50. The Morgan fingerprint density at radius 2 is 2.20 bits per heavy atom. The minimum absolute atomic E-state index is 0.117. The van der Waals surface area contributed by atoms with Gasteiger partial charge < -0.3 is 20.1 Å². The molecule has 0 fully saturated rings. The minimum Gasteiger partial charge on any atom is -0.477 e. The van der Waals surface area contributed by atoms with Gasteiger partial charge in [-0.2, -0.15) is 0 Å². The average molecular weight is 274 g/mol. The molecule has 0 aliphatic rings. The molecule has 1 unspecified atom stereocenters. The zero-order valence-corrected chi connectivity index (χ0v) is 10.8. The Labute approximate surface area is 115 Å². The summed E-state index contributed by atoms with van der Waals surface area (Å²) in [6.45, 7) is 0. The zero-order valence-electron chi connectivity index (χ0n) is 10.8. The number of hydrogen-bond acceptors (Lipinski definition) is 4. The van der Waals surface area contributed by atoms with Crippen LogP contribution in [0.1, 0.15) is 5.56 Å². The first-order chi connectivity index (χ1) is 9.65. The molecule has 0 saturated carbocycles. The first kappa shape index (κ1) is 13.8. The Morgan fingerprint density at radius 1 is 1.45 bits per heavy atom. The summed E-state index contributed by atoms with van der Waals surface area (Å²) < 4.78 is 4.80. The highest BCUT2D eigenvalue weighted by atomic mass is 16.5. The summed E-state index contributed by atoms with van der Waals surface area (Å²) in [7, 11) is 1.32. The highest BCUT2D eigenvalue weighted by Gasteiger charge is 2.14. The van der Waals surface area contributed by atoms with Crippen molar-refractivity contribution in [2.45, 2.75) is 6.23 Å². The van der Waals surface area contributed by atoms with Crippen LogP contribution in [0.25, 0.3) is 17.0 Å². The highest BCUT2D eigenvalue weighted by molar-refractivity contribution is 5.96. The van der Waals surface area contributed by atoms with E-state index >= 15 is 0 Å². The molecule has 0 saturated heterocycles. The van der Waals surface area contributed by atoms with Crippen LogP contribution in [0.2, 0.25) is 0 Å². The summed E-state index contributed by atoms with van der Waals surface area (Å²) in [5, 5.41) is 12.6. The molecule has 0 amide bonds. The van der Waals surface area contributed by atoms with E-state index < -0.39 is 12.2 Å². The van der Waals surface area contributed by atoms with E-state index in [1.54, 1.807) is 6.20 Å². The smallest absolute Gasteiger partial charge is 0.352 e. The molecule has 6 nitrogen and oxygen atoms in total. The van der Waals surface area contributed by atoms with E-state index in [4.69, 9.17) is 4.74 Å². The summed E-state index contributed by atoms with van der Waals surface area (Å²) in [4.78, 5) is 25.0. The maximum absolute atomic E-state index is 11.2. The van der Waals surface area contributed by atoms with Crippen molar-refractivity contribution in [2.24, 2.45) is 0 Å². The van der Waals surface area contributed by atoms with Crippen molar-refractivity contribution in [3.63, 3.8) is 0 Å². The lowest BCUT2D eigenvalue weighted by atomic mass is 10.1. The van der Waals surface area contributed by atoms with Gasteiger partial charge in [0.1, 0.15) is 5.70 Å². The number of para-hydroxylation sites is 1. The molecular formula is C14H14N2O4. The number of fused-ring (bicyclic) bond motifs is 1. The largest absolute Gasteiger partial charge is 0.477 e. The number of carbonyl (C=O) groups excluding carboxylic acids is 1. The summed E-state index contributed by atoms with van der Waals surface area (Å²) in [6, 6.07) is 7.52. The summed E-state index contributed by atoms with van der Waals surface area (Å²) in [5.74, 6) is -1.17. The van der Waals surface area contributed by atoms with Crippen molar-refractivity contribution in [3.8, 4) is 0 Å². The SMILES string of the molecule is COC(C=O)N/C(=C/c1c[nH]c2ccccc12)C(=O)O. The molecular weight excluding hydrogens is 260 g/mol. The third-order valence-electron chi connectivity index (χ3n) is 2.83. The van der Waals surface area contributed by atoms with Gasteiger partial charge in [0.2, 0.25) is 0 Å². The standard InChI is InChI=1S/C14H14N2O4/c1-20-13(8-17)16-12(14(18)19)6-9-7-15-11-5-3-2-4-10(9)11/h2-8,13,15-16H,1H3,(H,18,19)/b12-6+. The third kappa shape index (κ3) is 2.86. The number of methoxy groups -OCH3 is 1. The fourth-order valence-corrected chi connectivity index (χ4v) is 1.84. The Bertz CT molecular complexity index is 660. The molecule has 2 rings (SSSR count). The maximum Gasteiger partial charge on any atom is 0.352 e. The second kappa shape index (κ2) is 6.03. The molecule has 1 aromatic carbocycles. The first-order valence-electron chi connectivity index (χ1n) is 5.91. The number of benzene rings is 1. The first-order valence-corrected chi connectivity index (χ1v) is 5.91. The van der Waals surface area contributed by atoms with Crippen LogP contribution < -0.4 is 5.32 Å². The van der Waals surface area contributed by atoms with Crippen LogP contribution in [0.15, 0.2) is 36.2 Å². The van der Waals surface area contributed by atoms with Crippen LogP contribution in [0, 0.1) is 0 Å². The summed E-state index contributed by atoms with van der Waals surface area (Å²) >= 11 is 0. The molecule has 0 aliphatic carbocycles. The number of aldehydes is 1. The number of carboxylic acid groups (broad SMARTS) is 1. The van der Waals surface area contributed by atoms with Crippen LogP contribution in [-0.2, 0) is 14.3 Å². The van der Waals surface area contributed by atoms with E-state index in [0.29, 0.717) is 11.8 Å². The van der Waals surface area contributed by atoms with Gasteiger partial charge in [-0.3, -0.25) is 4.79 Å². The normalized spacial score (nSPS) is 13.2. The Hall–Kier alpha value is -2.60. The second-order valence-corrected chi connectivity index (χ2v) is 4.09. The predicted octanol–water partition coefficient (Wildman–Crippen LogP) is 1.35. The van der Waals surface area contributed by atoms with Crippen molar-refractivity contribution in [3.05, 3.63) is 41.7 Å². The van der Waals surface area contributed by atoms with Crippen LogP contribution in [0.3, 0.4) is 0 Å². The van der Waals surface area contributed by atoms with E-state index in [-0.39, 0.29) is 5.70 Å². The number of ether oxygens (including phenoxy) is 1. The number of H-pyrrole nitrogens is 1. The van der Waals surface area contributed by atoms with E-state index in [9.17, 15) is 14.7 Å². The number of aromatic amines is 1. The van der Waals surface area contributed by atoms with Gasteiger partial charge in [0.05, 0.1) is 0 Å². The molecule has 104 valence electrons. The van der Waals surface area contributed by atoms with Crippen molar-refractivity contribution >= 4 is 29.2 Å². The predicted molar refractivity (Wildman–Crippen MR) is 73.9 cm³/mol. The van der Waals surface area contributed by atoms with Crippen LogP contribution in [0.5, 0.6) is 0 Å². The van der Waals surface area contributed by atoms with E-state index in [1.807, 2.05) is 24.3 Å². The Kier molecular flexibility index (Phi) is 4.17. The van der Waals surface area contributed by atoms with E-state index in [2.05, 4.69) is 10.3 Å². The zero-order chi connectivity index (χ0) is 14.5. The van der Waals surface area contributed by atoms with Gasteiger partial charge in [0, 0.05) is 29.8 Å². The molecule has 2 aromatic rings.